The van der Waals surface area contributed by atoms with Gasteiger partial charge in [-0.1, -0.05) is 29.3 Å². The van der Waals surface area contributed by atoms with Gasteiger partial charge in [0, 0.05) is 32.0 Å². The minimum Gasteiger partial charge on any atom is -0.446 e. The molecule has 35 heavy (non-hydrogen) atoms. The lowest BCUT2D eigenvalue weighted by Gasteiger charge is -2.28. The number of hydrogen-bond donors (Lipinski definition) is 2. The normalized spacial score (nSPS) is 17.4. The first kappa shape index (κ1) is 23.8. The van der Waals surface area contributed by atoms with Crippen LogP contribution in [0.15, 0.2) is 41.4 Å². The van der Waals surface area contributed by atoms with Crippen molar-refractivity contribution in [2.24, 2.45) is 0 Å². The summed E-state index contributed by atoms with van der Waals surface area (Å²) in [6.45, 7) is 2.34. The predicted molar refractivity (Wildman–Crippen MR) is 128 cm³/mol. The average Bonchev–Trinajstić information content (AvgIpc) is 3.39. The van der Waals surface area contributed by atoms with Crippen molar-refractivity contribution >= 4 is 35.2 Å². The molecule has 0 radical (unpaired) electrons. The van der Waals surface area contributed by atoms with Gasteiger partial charge in [0.2, 0.25) is 5.95 Å². The maximum atomic E-state index is 12.8. The van der Waals surface area contributed by atoms with E-state index < -0.39 is 12.1 Å². The molecule has 5 rings (SSSR count). The van der Waals surface area contributed by atoms with E-state index in [1.54, 1.807) is 23.3 Å². The van der Waals surface area contributed by atoms with Crippen molar-refractivity contribution in [1.29, 1.82) is 0 Å². The Morgan fingerprint density at radius 3 is 2.83 bits per heavy atom. The van der Waals surface area contributed by atoms with Crippen molar-refractivity contribution in [3.8, 4) is 0 Å². The van der Waals surface area contributed by atoms with Crippen molar-refractivity contribution < 1.29 is 18.8 Å². The Morgan fingerprint density at radius 2 is 2.06 bits per heavy atom. The summed E-state index contributed by atoms with van der Waals surface area (Å²) in [7, 11) is 0. The lowest BCUT2D eigenvalue weighted by atomic mass is 10.1. The second kappa shape index (κ2) is 10.8. The number of nitrogens with zero attached hydrogens (tertiary/aromatic N) is 4. The summed E-state index contributed by atoms with van der Waals surface area (Å²) in [6, 6.07) is 4.71. The molecule has 0 saturated carbocycles. The predicted octanol–water partition coefficient (Wildman–Crippen LogP) is 4.15. The average molecular weight is 519 g/mol. The second-order valence-electron chi connectivity index (χ2n) is 8.34. The van der Waals surface area contributed by atoms with Crippen LogP contribution >= 0.6 is 23.2 Å². The molecule has 184 valence electrons. The fraction of sp³-hybridized carbons (Fsp3) is 0.391. The zero-order chi connectivity index (χ0) is 24.2. The van der Waals surface area contributed by atoms with Crippen LogP contribution in [0.5, 0.6) is 0 Å². The molecule has 10 nitrogen and oxygen atoms in total. The number of oxazole rings is 1. The molecule has 1 atom stereocenters. The number of hydroxylamine groups is 2. The Balaban J connectivity index is 1.24. The first-order valence-corrected chi connectivity index (χ1v) is 12.1. The van der Waals surface area contributed by atoms with E-state index in [1.807, 2.05) is 6.20 Å². The van der Waals surface area contributed by atoms with Crippen LogP contribution in [0.1, 0.15) is 41.5 Å². The maximum absolute atomic E-state index is 12.8. The van der Waals surface area contributed by atoms with Gasteiger partial charge in [0.1, 0.15) is 6.04 Å². The number of anilines is 1. The molecule has 4 heterocycles. The summed E-state index contributed by atoms with van der Waals surface area (Å²) < 4.78 is 10.8. The third-order valence-electron chi connectivity index (χ3n) is 5.95. The summed E-state index contributed by atoms with van der Waals surface area (Å²) in [5.41, 5.74) is 2.54. The Bertz CT molecular complexity index is 1170. The number of halogens is 2. The van der Waals surface area contributed by atoms with Crippen LogP contribution in [0, 0.1) is 0 Å². The van der Waals surface area contributed by atoms with Crippen LogP contribution in [-0.2, 0) is 22.5 Å². The van der Waals surface area contributed by atoms with Crippen LogP contribution in [0.3, 0.4) is 0 Å². The standard InChI is InChI=1S/C23H24Cl2N6O4/c24-17-2-1-14(9-18(17)25)21(20-11-26-13-34-20)30-23(32)35-31-6-3-15-10-27-22(29-19(15)12-31)28-16-4-7-33-8-5-16/h1-2,9-11,13,16,21H,3-8,12H2,(H,30,32)(H,27,28,29)/t21-/m1/s1. The highest BCUT2D eigenvalue weighted by molar-refractivity contribution is 6.42. The minimum atomic E-state index is -0.658. The van der Waals surface area contributed by atoms with E-state index >= 15 is 0 Å². The molecule has 0 unspecified atom stereocenters. The number of ether oxygens (including phenoxy) is 1. The van der Waals surface area contributed by atoms with Gasteiger partial charge in [0.05, 0.1) is 28.5 Å². The number of carbonyl (C=O) groups excluding carboxylic acids is 1. The van der Waals surface area contributed by atoms with Crippen molar-refractivity contribution in [1.82, 2.24) is 25.3 Å². The van der Waals surface area contributed by atoms with Crippen molar-refractivity contribution in [3.05, 3.63) is 69.6 Å². The molecule has 1 saturated heterocycles. The van der Waals surface area contributed by atoms with Crippen molar-refractivity contribution in [3.63, 3.8) is 0 Å². The number of nitrogens with one attached hydrogen (secondary N) is 2. The molecule has 0 bridgehead atoms. The highest BCUT2D eigenvalue weighted by atomic mass is 35.5. The monoisotopic (exact) mass is 518 g/mol. The molecule has 2 N–H and O–H groups in total. The number of fused-ring (bicyclic) bond motifs is 1. The molecule has 12 heteroatoms. The Hall–Kier alpha value is -2.92. The van der Waals surface area contributed by atoms with Crippen LogP contribution in [0.4, 0.5) is 10.7 Å². The molecule has 1 fully saturated rings. The molecule has 2 aliphatic heterocycles. The molecular formula is C23H24Cl2N6O4. The van der Waals surface area contributed by atoms with Gasteiger partial charge in [-0.25, -0.2) is 19.7 Å². The number of benzene rings is 1. The maximum Gasteiger partial charge on any atom is 0.427 e. The van der Waals surface area contributed by atoms with Crippen molar-refractivity contribution in [2.75, 3.05) is 25.1 Å². The van der Waals surface area contributed by atoms with Gasteiger partial charge in [-0.15, -0.1) is 5.06 Å². The molecule has 0 spiro atoms. The summed E-state index contributed by atoms with van der Waals surface area (Å²) in [5.74, 6) is 1.01. The highest BCUT2D eigenvalue weighted by Gasteiger charge is 2.26. The van der Waals surface area contributed by atoms with Gasteiger partial charge in [0.15, 0.2) is 12.2 Å². The lowest BCUT2D eigenvalue weighted by molar-refractivity contribution is -0.112. The Labute approximate surface area is 211 Å². The van der Waals surface area contributed by atoms with Crippen LogP contribution in [0.25, 0.3) is 0 Å². The van der Waals surface area contributed by atoms with E-state index in [2.05, 4.69) is 25.6 Å². The number of amides is 1. The van der Waals surface area contributed by atoms with E-state index in [1.165, 1.54) is 12.6 Å². The summed E-state index contributed by atoms with van der Waals surface area (Å²) in [5, 5.41) is 8.55. The number of carbonyl (C=O) groups is 1. The molecule has 3 aromatic rings. The Morgan fingerprint density at radius 1 is 1.20 bits per heavy atom. The van der Waals surface area contributed by atoms with E-state index in [4.69, 9.17) is 37.2 Å². The van der Waals surface area contributed by atoms with Crippen LogP contribution in [0.2, 0.25) is 10.0 Å². The van der Waals surface area contributed by atoms with Crippen LogP contribution < -0.4 is 10.6 Å². The molecule has 0 aliphatic carbocycles. The van der Waals surface area contributed by atoms with Gasteiger partial charge in [0.25, 0.3) is 0 Å². The zero-order valence-corrected chi connectivity index (χ0v) is 20.3. The van der Waals surface area contributed by atoms with Gasteiger partial charge in [-0.3, -0.25) is 0 Å². The zero-order valence-electron chi connectivity index (χ0n) is 18.7. The van der Waals surface area contributed by atoms with E-state index in [-0.39, 0.29) is 6.04 Å². The summed E-state index contributed by atoms with van der Waals surface area (Å²) in [4.78, 5) is 31.5. The van der Waals surface area contributed by atoms with Gasteiger partial charge in [-0.2, -0.15) is 0 Å². The van der Waals surface area contributed by atoms with E-state index in [0.717, 1.165) is 37.3 Å². The SMILES string of the molecule is O=C(N[C@H](c1ccc(Cl)c(Cl)c1)c1cnco1)ON1CCc2cnc(NC3CCOCC3)nc2C1. The highest BCUT2D eigenvalue weighted by Crippen LogP contribution is 2.29. The number of rotatable bonds is 6. The topological polar surface area (TPSA) is 115 Å². The van der Waals surface area contributed by atoms with E-state index in [0.29, 0.717) is 46.8 Å². The first-order chi connectivity index (χ1) is 17.0. The lowest BCUT2D eigenvalue weighted by Crippen LogP contribution is -2.39. The molecule has 1 aromatic carbocycles. The number of hydrogen-bond acceptors (Lipinski definition) is 9. The largest absolute Gasteiger partial charge is 0.446 e. The third kappa shape index (κ3) is 5.84. The van der Waals surface area contributed by atoms with E-state index in [9.17, 15) is 4.79 Å². The first-order valence-electron chi connectivity index (χ1n) is 11.3. The second-order valence-corrected chi connectivity index (χ2v) is 9.16. The minimum absolute atomic E-state index is 0.290. The van der Waals surface area contributed by atoms with Crippen molar-refractivity contribution in [2.45, 2.75) is 37.9 Å². The van der Waals surface area contributed by atoms with Crippen LogP contribution in [-0.4, -0.2) is 51.9 Å². The fourth-order valence-corrected chi connectivity index (χ4v) is 4.40. The van der Waals surface area contributed by atoms with Gasteiger partial charge < -0.3 is 24.6 Å². The smallest absolute Gasteiger partial charge is 0.427 e. The Kier molecular flexibility index (Phi) is 7.33. The quantitative estimate of drug-likeness (QED) is 0.496. The molecule has 2 aliphatic rings. The summed E-state index contributed by atoms with van der Waals surface area (Å²) >= 11 is 12.2. The molecule has 2 aromatic heterocycles. The molecular weight excluding hydrogens is 495 g/mol. The third-order valence-corrected chi connectivity index (χ3v) is 6.69. The molecule has 1 amide bonds. The van der Waals surface area contributed by atoms with Gasteiger partial charge >= 0.3 is 6.09 Å². The number of aromatic nitrogens is 3. The fourth-order valence-electron chi connectivity index (χ4n) is 4.09. The van der Waals surface area contributed by atoms with Gasteiger partial charge in [-0.05, 0) is 42.5 Å². The summed E-state index contributed by atoms with van der Waals surface area (Å²) in [6.07, 6.45) is 6.51.